The van der Waals surface area contributed by atoms with Gasteiger partial charge in [-0.1, -0.05) is 0 Å². The summed E-state index contributed by atoms with van der Waals surface area (Å²) in [5, 5.41) is 17.9. The summed E-state index contributed by atoms with van der Waals surface area (Å²) < 4.78 is 10.3. The summed E-state index contributed by atoms with van der Waals surface area (Å²) in [6.07, 6.45) is 0. The van der Waals surface area contributed by atoms with E-state index < -0.39 is 11.8 Å². The molecule has 84 valence electrons. The molecule has 1 aromatic rings. The molecule has 0 radical (unpaired) electrons. The van der Waals surface area contributed by atoms with Gasteiger partial charge in [-0.3, -0.25) is 4.79 Å². The molecule has 0 amide bonds. The predicted molar refractivity (Wildman–Crippen MR) is 51.1 cm³/mol. The van der Waals surface area contributed by atoms with Crippen molar-refractivity contribution in [1.82, 2.24) is 0 Å². The highest BCUT2D eigenvalue weighted by Crippen LogP contribution is 2.37. The number of carbonyl (C=O) groups excluding carboxylic acids is 1. The molecular formula is C10H8O6. The fraction of sp³-hybridized carbons (Fsp3) is 0.200. The van der Waals surface area contributed by atoms with Crippen molar-refractivity contribution in [2.75, 3.05) is 13.2 Å². The van der Waals surface area contributed by atoms with Crippen molar-refractivity contribution < 1.29 is 29.3 Å². The Bertz CT molecular complexity index is 465. The maximum absolute atomic E-state index is 11.3. The van der Waals surface area contributed by atoms with Crippen molar-refractivity contribution in [2.45, 2.75) is 0 Å². The van der Waals surface area contributed by atoms with Crippen LogP contribution >= 0.6 is 0 Å². The highest BCUT2D eigenvalue weighted by Gasteiger charge is 2.25. The minimum atomic E-state index is -1.61. The van der Waals surface area contributed by atoms with Gasteiger partial charge in [-0.15, -0.1) is 0 Å². The first-order chi connectivity index (χ1) is 7.59. The second-order valence-corrected chi connectivity index (χ2v) is 3.15. The Morgan fingerprint density at radius 2 is 1.88 bits per heavy atom. The Morgan fingerprint density at radius 3 is 2.56 bits per heavy atom. The Balaban J connectivity index is 2.55. The monoisotopic (exact) mass is 224 g/mol. The van der Waals surface area contributed by atoms with E-state index in [1.807, 2.05) is 0 Å². The first-order valence-corrected chi connectivity index (χ1v) is 4.50. The molecular weight excluding hydrogens is 216 g/mol. The zero-order valence-electron chi connectivity index (χ0n) is 8.10. The van der Waals surface area contributed by atoms with Gasteiger partial charge in [0.1, 0.15) is 19.0 Å². The number of phenolic OH excluding ortho intramolecular Hbond substituents is 1. The van der Waals surface area contributed by atoms with Crippen LogP contribution in [-0.4, -0.2) is 35.2 Å². The standard InChI is InChI=1S/C10H8O6/c11-5-3-6(8(12)10(13)14)9-7(4-5)15-1-2-16-9/h3-4,11H,1-2H2,(H,13,14). The number of benzene rings is 1. The number of carbonyl (C=O) groups is 2. The van der Waals surface area contributed by atoms with Crippen LogP contribution in [0, 0.1) is 0 Å². The summed E-state index contributed by atoms with van der Waals surface area (Å²) in [4.78, 5) is 21.9. The number of hydrogen-bond donors (Lipinski definition) is 2. The molecule has 1 aliphatic rings. The van der Waals surface area contributed by atoms with Crippen LogP contribution in [0.4, 0.5) is 0 Å². The number of hydrogen-bond acceptors (Lipinski definition) is 5. The van der Waals surface area contributed by atoms with E-state index >= 15 is 0 Å². The molecule has 0 saturated carbocycles. The lowest BCUT2D eigenvalue weighted by Gasteiger charge is -2.20. The number of aromatic hydroxyl groups is 1. The molecule has 0 fully saturated rings. The van der Waals surface area contributed by atoms with Crippen LogP contribution in [0.25, 0.3) is 0 Å². The molecule has 0 saturated heterocycles. The third-order valence-corrected chi connectivity index (χ3v) is 2.07. The third kappa shape index (κ3) is 1.65. The maximum Gasteiger partial charge on any atom is 0.377 e. The van der Waals surface area contributed by atoms with Crippen LogP contribution in [0.1, 0.15) is 10.4 Å². The number of phenols is 1. The largest absolute Gasteiger partial charge is 0.508 e. The highest BCUT2D eigenvalue weighted by molar-refractivity contribution is 6.40. The lowest BCUT2D eigenvalue weighted by Crippen LogP contribution is -2.20. The van der Waals surface area contributed by atoms with Crippen molar-refractivity contribution in [3.63, 3.8) is 0 Å². The van der Waals surface area contributed by atoms with Gasteiger partial charge in [0, 0.05) is 6.07 Å². The van der Waals surface area contributed by atoms with Crippen molar-refractivity contribution in [3.8, 4) is 17.2 Å². The second kappa shape index (κ2) is 3.73. The van der Waals surface area contributed by atoms with Crippen molar-refractivity contribution in [1.29, 1.82) is 0 Å². The van der Waals surface area contributed by atoms with Crippen LogP contribution in [0.2, 0.25) is 0 Å². The highest BCUT2D eigenvalue weighted by atomic mass is 16.6. The number of ether oxygens (including phenoxy) is 2. The number of aliphatic carboxylic acids is 1. The molecule has 1 heterocycles. The van der Waals surface area contributed by atoms with Gasteiger partial charge in [-0.05, 0) is 6.07 Å². The maximum atomic E-state index is 11.3. The molecule has 0 spiro atoms. The molecule has 6 nitrogen and oxygen atoms in total. The van der Waals surface area contributed by atoms with E-state index in [4.69, 9.17) is 14.6 Å². The zero-order valence-corrected chi connectivity index (χ0v) is 8.10. The first-order valence-electron chi connectivity index (χ1n) is 4.50. The van der Waals surface area contributed by atoms with Crippen LogP contribution < -0.4 is 9.47 Å². The normalized spacial score (nSPS) is 13.2. The van der Waals surface area contributed by atoms with E-state index in [0.717, 1.165) is 6.07 Å². The number of carboxylic acid groups (broad SMARTS) is 1. The van der Waals surface area contributed by atoms with Crippen LogP contribution in [0.15, 0.2) is 12.1 Å². The van der Waals surface area contributed by atoms with Crippen molar-refractivity contribution in [2.24, 2.45) is 0 Å². The number of rotatable bonds is 2. The molecule has 6 heteroatoms. The van der Waals surface area contributed by atoms with Gasteiger partial charge >= 0.3 is 5.97 Å². The van der Waals surface area contributed by atoms with E-state index in [1.54, 1.807) is 0 Å². The quantitative estimate of drug-likeness (QED) is 0.559. The van der Waals surface area contributed by atoms with E-state index in [-0.39, 0.29) is 36.0 Å². The van der Waals surface area contributed by atoms with Gasteiger partial charge in [0.05, 0.1) is 5.56 Å². The number of Topliss-reactive ketones (excluding diaryl/α,β-unsaturated/α-hetero) is 1. The fourth-order valence-corrected chi connectivity index (χ4v) is 1.42. The van der Waals surface area contributed by atoms with Crippen LogP contribution in [0.5, 0.6) is 17.2 Å². The Labute approximate surface area is 90.0 Å². The molecule has 16 heavy (non-hydrogen) atoms. The Morgan fingerprint density at radius 1 is 1.19 bits per heavy atom. The predicted octanol–water partition coefficient (Wildman–Crippen LogP) is 0.431. The van der Waals surface area contributed by atoms with Crippen molar-refractivity contribution in [3.05, 3.63) is 17.7 Å². The molecule has 2 rings (SSSR count). The minimum absolute atomic E-state index is 0.0662. The molecule has 1 aliphatic heterocycles. The van der Waals surface area contributed by atoms with Crippen LogP contribution in [-0.2, 0) is 4.79 Å². The van der Waals surface area contributed by atoms with E-state index in [0.29, 0.717) is 0 Å². The summed E-state index contributed by atoms with van der Waals surface area (Å²) in [6, 6.07) is 2.32. The first kappa shape index (κ1) is 10.3. The van der Waals surface area contributed by atoms with E-state index in [2.05, 4.69) is 0 Å². The van der Waals surface area contributed by atoms with Gasteiger partial charge in [0.25, 0.3) is 5.78 Å². The summed E-state index contributed by atoms with van der Waals surface area (Å²) in [7, 11) is 0. The molecule has 1 aromatic carbocycles. The average molecular weight is 224 g/mol. The summed E-state index contributed by atoms with van der Waals surface area (Å²) in [6.45, 7) is 0.523. The Hall–Kier alpha value is -2.24. The van der Waals surface area contributed by atoms with E-state index in [1.165, 1.54) is 6.07 Å². The summed E-state index contributed by atoms with van der Waals surface area (Å²) in [5.74, 6) is -2.75. The number of carboxylic acids is 1. The molecule has 0 aliphatic carbocycles. The van der Waals surface area contributed by atoms with Crippen LogP contribution in [0.3, 0.4) is 0 Å². The molecule has 0 aromatic heterocycles. The zero-order chi connectivity index (χ0) is 11.7. The Kier molecular flexibility index (Phi) is 2.40. The number of fused-ring (bicyclic) bond motifs is 1. The SMILES string of the molecule is O=C(O)C(=O)c1cc(O)cc2c1OCCO2. The van der Waals surface area contributed by atoms with Crippen molar-refractivity contribution >= 4 is 11.8 Å². The van der Waals surface area contributed by atoms with Gasteiger partial charge < -0.3 is 19.7 Å². The molecule has 2 N–H and O–H groups in total. The number of ketones is 1. The summed E-state index contributed by atoms with van der Waals surface area (Å²) >= 11 is 0. The smallest absolute Gasteiger partial charge is 0.377 e. The van der Waals surface area contributed by atoms with Gasteiger partial charge in [-0.2, -0.15) is 0 Å². The lowest BCUT2D eigenvalue weighted by molar-refractivity contribution is -0.131. The van der Waals surface area contributed by atoms with E-state index in [9.17, 15) is 14.7 Å². The summed E-state index contributed by atoms with van der Waals surface area (Å²) in [5.41, 5.74) is -0.206. The van der Waals surface area contributed by atoms with Gasteiger partial charge in [0.15, 0.2) is 11.5 Å². The van der Waals surface area contributed by atoms with Gasteiger partial charge in [-0.25, -0.2) is 4.79 Å². The second-order valence-electron chi connectivity index (χ2n) is 3.15. The third-order valence-electron chi connectivity index (χ3n) is 2.07. The van der Waals surface area contributed by atoms with Gasteiger partial charge in [0.2, 0.25) is 0 Å². The fourth-order valence-electron chi connectivity index (χ4n) is 1.42. The molecule has 0 unspecified atom stereocenters. The molecule has 0 atom stereocenters. The lowest BCUT2D eigenvalue weighted by atomic mass is 10.1. The topological polar surface area (TPSA) is 93.1 Å². The molecule has 0 bridgehead atoms. The minimum Gasteiger partial charge on any atom is -0.508 e. The average Bonchev–Trinajstić information content (AvgIpc) is 2.26.